The Morgan fingerprint density at radius 1 is 0.542 bits per heavy atom. The molecule has 0 aromatic heterocycles. The van der Waals surface area contributed by atoms with Gasteiger partial charge in [0.05, 0.1) is 8.07 Å². The quantitative estimate of drug-likeness (QED) is 0.126. The molecule has 0 bridgehead atoms. The van der Waals surface area contributed by atoms with Crippen molar-refractivity contribution in [2.75, 3.05) is 0 Å². The monoisotopic (exact) mass is 683 g/mol. The first-order valence-corrected chi connectivity index (χ1v) is 25.1. The zero-order valence-electron chi connectivity index (χ0n) is 35.6. The van der Waals surface area contributed by atoms with Gasteiger partial charge in [0.2, 0.25) is 0 Å². The molecule has 4 rings (SSSR count). The highest BCUT2D eigenvalue weighted by molar-refractivity contribution is 6.83. The lowest BCUT2D eigenvalue weighted by Gasteiger charge is -2.54. The van der Waals surface area contributed by atoms with Crippen LogP contribution in [0.5, 0.6) is 0 Å². The first-order chi connectivity index (χ1) is 22.5. The van der Waals surface area contributed by atoms with Crippen LogP contribution in [0.3, 0.4) is 0 Å². The van der Waals surface area contributed by atoms with Gasteiger partial charge >= 0.3 is 0 Å². The van der Waals surface area contributed by atoms with Crippen molar-refractivity contribution in [3.63, 3.8) is 0 Å². The summed E-state index contributed by atoms with van der Waals surface area (Å²) in [5.41, 5.74) is 3.04. The molecule has 0 N–H and O–H groups in total. The number of rotatable bonds is 14. The van der Waals surface area contributed by atoms with Gasteiger partial charge in [0.15, 0.2) is 0 Å². The second-order valence-electron chi connectivity index (χ2n) is 22.0. The fourth-order valence-corrected chi connectivity index (χ4v) is 23.3. The zero-order valence-corrected chi connectivity index (χ0v) is 36.6. The molecular formula is C47H90Si. The van der Waals surface area contributed by atoms with Crippen LogP contribution in [0.15, 0.2) is 0 Å². The molecule has 4 aliphatic rings. The van der Waals surface area contributed by atoms with Crippen molar-refractivity contribution in [2.24, 2.45) is 81.8 Å². The molecule has 0 radical (unpaired) electrons. The van der Waals surface area contributed by atoms with E-state index in [1.54, 1.807) is 50.6 Å². The van der Waals surface area contributed by atoms with Crippen molar-refractivity contribution >= 4 is 8.07 Å². The molecule has 4 fully saturated rings. The standard InChI is InChI=1S/C47H90Si/c1-15-17-19-21-26-48(27-22-20-18-16-2,44-35(7)33(5)34(6)36(44)8)45-41-25-23-24-40(43(41)31-42(45)32(3)4)37-28-38(46(9,10)11)30-39(29-37)47(12,13)14/h32-45H,15-31H2,1-14H3. The predicted octanol–water partition coefficient (Wildman–Crippen LogP) is 15.7. The van der Waals surface area contributed by atoms with Crippen LogP contribution in [-0.4, -0.2) is 8.07 Å². The summed E-state index contributed by atoms with van der Waals surface area (Å²) in [5.74, 6) is 11.4. The van der Waals surface area contributed by atoms with E-state index in [0.29, 0.717) is 10.8 Å². The predicted molar refractivity (Wildman–Crippen MR) is 218 cm³/mol. The lowest BCUT2D eigenvalue weighted by Crippen LogP contribution is -2.52. The molecule has 4 saturated carbocycles. The second-order valence-corrected chi connectivity index (χ2v) is 26.8. The highest BCUT2D eigenvalue weighted by Crippen LogP contribution is 2.69. The molecule has 0 heterocycles. The van der Waals surface area contributed by atoms with E-state index in [4.69, 9.17) is 0 Å². The van der Waals surface area contributed by atoms with Gasteiger partial charge < -0.3 is 0 Å². The summed E-state index contributed by atoms with van der Waals surface area (Å²) in [4.78, 5) is 0. The van der Waals surface area contributed by atoms with Crippen LogP contribution < -0.4 is 0 Å². The lowest BCUT2D eigenvalue weighted by molar-refractivity contribution is -0.000628. The molecule has 48 heavy (non-hydrogen) atoms. The molecule has 0 saturated heterocycles. The van der Waals surface area contributed by atoms with Gasteiger partial charge in [-0.1, -0.05) is 173 Å². The Morgan fingerprint density at radius 3 is 1.46 bits per heavy atom. The molecule has 0 spiro atoms. The Balaban J connectivity index is 1.79. The van der Waals surface area contributed by atoms with Crippen molar-refractivity contribution in [3.8, 4) is 0 Å². The van der Waals surface area contributed by atoms with E-state index >= 15 is 0 Å². The Labute approximate surface area is 305 Å². The van der Waals surface area contributed by atoms with Crippen LogP contribution in [0.25, 0.3) is 0 Å². The summed E-state index contributed by atoms with van der Waals surface area (Å²) in [6, 6.07) is 3.36. The average molecular weight is 683 g/mol. The summed E-state index contributed by atoms with van der Waals surface area (Å²) in [6.45, 7) is 36.6. The van der Waals surface area contributed by atoms with Crippen LogP contribution in [0.2, 0.25) is 23.2 Å². The maximum Gasteiger partial charge on any atom is 0.0609 e. The maximum absolute atomic E-state index is 2.77. The average Bonchev–Trinajstić information content (AvgIpc) is 3.51. The van der Waals surface area contributed by atoms with Gasteiger partial charge in [-0.2, -0.15) is 0 Å². The van der Waals surface area contributed by atoms with Crippen molar-refractivity contribution in [2.45, 2.75) is 216 Å². The van der Waals surface area contributed by atoms with E-state index in [-0.39, 0.29) is 0 Å². The highest BCUT2D eigenvalue weighted by Gasteiger charge is 2.63. The van der Waals surface area contributed by atoms with Gasteiger partial charge in [-0.15, -0.1) is 0 Å². The van der Waals surface area contributed by atoms with Gasteiger partial charge in [0.25, 0.3) is 0 Å². The van der Waals surface area contributed by atoms with E-state index in [9.17, 15) is 0 Å². The zero-order chi connectivity index (χ0) is 35.6. The number of hydrogen-bond acceptors (Lipinski definition) is 0. The number of hydrogen-bond donors (Lipinski definition) is 0. The molecular weight excluding hydrogens is 593 g/mol. The smallest absolute Gasteiger partial charge is 0.0609 e. The third-order valence-corrected chi connectivity index (χ3v) is 24.4. The van der Waals surface area contributed by atoms with Crippen molar-refractivity contribution in [1.82, 2.24) is 0 Å². The van der Waals surface area contributed by atoms with Gasteiger partial charge in [0, 0.05) is 0 Å². The Hall–Kier alpha value is 0.217. The van der Waals surface area contributed by atoms with E-state index in [1.807, 2.05) is 0 Å². The topological polar surface area (TPSA) is 0 Å². The van der Waals surface area contributed by atoms with Crippen LogP contribution in [-0.2, 0) is 0 Å². The molecule has 1 heteroatoms. The summed E-state index contributed by atoms with van der Waals surface area (Å²) in [5, 5.41) is 0. The molecule has 0 amide bonds. The molecule has 4 aliphatic carbocycles. The lowest BCUT2D eigenvalue weighted by atomic mass is 9.55. The molecule has 11 atom stereocenters. The van der Waals surface area contributed by atoms with Crippen molar-refractivity contribution in [3.05, 3.63) is 0 Å². The van der Waals surface area contributed by atoms with Gasteiger partial charge in [0.1, 0.15) is 0 Å². The number of unbranched alkanes of at least 4 members (excludes halogenated alkanes) is 6. The third kappa shape index (κ3) is 8.70. The third-order valence-electron chi connectivity index (χ3n) is 17.2. The van der Waals surface area contributed by atoms with Crippen LogP contribution in [0.1, 0.15) is 193 Å². The molecule has 0 aromatic carbocycles. The summed E-state index contributed by atoms with van der Waals surface area (Å²) < 4.78 is 0. The fourth-order valence-electron chi connectivity index (χ4n) is 14.1. The van der Waals surface area contributed by atoms with E-state index < -0.39 is 8.07 Å². The van der Waals surface area contributed by atoms with Crippen LogP contribution in [0, 0.1) is 81.8 Å². The Kier molecular flexibility index (Phi) is 14.4. The SMILES string of the molecule is CCCCCC[Si](CCCCCC)(C1C(C)C(C)C(C)C1C)C1C(C(C)C)CC2C(C3CC(C(C)(C)C)CC(C(C)(C)C)C3)CCCC21. The molecule has 11 unspecified atom stereocenters. The van der Waals surface area contributed by atoms with Gasteiger partial charge in [-0.25, -0.2) is 0 Å². The maximum atomic E-state index is 2.77. The minimum atomic E-state index is -1.64. The molecule has 0 nitrogen and oxygen atoms in total. The minimum Gasteiger partial charge on any atom is -0.0654 e. The van der Waals surface area contributed by atoms with E-state index in [0.717, 1.165) is 82.1 Å². The first-order valence-electron chi connectivity index (χ1n) is 22.5. The van der Waals surface area contributed by atoms with E-state index in [2.05, 4.69) is 96.9 Å². The normalized spacial score (nSPS) is 39.7. The van der Waals surface area contributed by atoms with Gasteiger partial charge in [-0.05, 0) is 125 Å². The largest absolute Gasteiger partial charge is 0.0654 e. The van der Waals surface area contributed by atoms with Crippen LogP contribution in [0.4, 0.5) is 0 Å². The highest BCUT2D eigenvalue weighted by atomic mass is 28.3. The minimum absolute atomic E-state index is 0.441. The summed E-state index contributed by atoms with van der Waals surface area (Å²) >= 11 is 0. The second kappa shape index (κ2) is 16.9. The van der Waals surface area contributed by atoms with Crippen molar-refractivity contribution in [1.29, 1.82) is 0 Å². The first kappa shape index (κ1) is 41.0. The Morgan fingerprint density at radius 2 is 1.02 bits per heavy atom. The number of fused-ring (bicyclic) bond motifs is 1. The summed E-state index contributed by atoms with van der Waals surface area (Å²) in [7, 11) is -1.64. The summed E-state index contributed by atoms with van der Waals surface area (Å²) in [6.07, 6.45) is 22.6. The fraction of sp³-hybridized carbons (Fsp3) is 1.00. The molecule has 0 aromatic rings. The molecule has 0 aliphatic heterocycles. The molecule has 282 valence electrons. The van der Waals surface area contributed by atoms with Gasteiger partial charge in [-0.3, -0.25) is 0 Å². The van der Waals surface area contributed by atoms with Crippen LogP contribution >= 0.6 is 0 Å². The van der Waals surface area contributed by atoms with Crippen molar-refractivity contribution < 1.29 is 0 Å². The van der Waals surface area contributed by atoms with E-state index in [1.165, 1.54) is 57.8 Å². The Bertz CT molecular complexity index is 901.